The van der Waals surface area contributed by atoms with E-state index in [1.807, 2.05) is 12.1 Å². The van der Waals surface area contributed by atoms with Crippen LogP contribution in [-0.2, 0) is 11.2 Å². The van der Waals surface area contributed by atoms with Crippen molar-refractivity contribution in [2.75, 3.05) is 20.1 Å². The van der Waals surface area contributed by atoms with E-state index in [9.17, 15) is 4.79 Å². The molecule has 1 aliphatic heterocycles. The van der Waals surface area contributed by atoms with Crippen LogP contribution in [0.2, 0.25) is 0 Å². The Hall–Kier alpha value is -1.81. The van der Waals surface area contributed by atoms with E-state index in [1.165, 1.54) is 18.4 Å². The van der Waals surface area contributed by atoms with E-state index in [4.69, 9.17) is 5.11 Å². The van der Waals surface area contributed by atoms with Gasteiger partial charge in [-0.15, -0.1) is 0 Å². The minimum atomic E-state index is -0.779. The van der Waals surface area contributed by atoms with Gasteiger partial charge in [-0.3, -0.25) is 4.79 Å². The molecule has 20 heavy (non-hydrogen) atoms. The van der Waals surface area contributed by atoms with E-state index in [0.717, 1.165) is 24.0 Å². The highest BCUT2D eigenvalue weighted by Gasteiger charge is 2.19. The van der Waals surface area contributed by atoms with Crippen molar-refractivity contribution >= 4 is 16.9 Å². The molecule has 1 aliphatic rings. The van der Waals surface area contributed by atoms with E-state index in [2.05, 4.69) is 34.8 Å². The van der Waals surface area contributed by atoms with E-state index in [0.29, 0.717) is 6.04 Å². The number of benzene rings is 1. The number of fused-ring (bicyclic) bond motifs is 1. The molecule has 0 spiro atoms. The zero-order valence-electron chi connectivity index (χ0n) is 11.7. The zero-order valence-corrected chi connectivity index (χ0v) is 11.7. The maximum absolute atomic E-state index is 10.8. The average Bonchev–Trinajstić information content (AvgIpc) is 2.82. The van der Waals surface area contributed by atoms with Gasteiger partial charge in [0.25, 0.3) is 0 Å². The SMILES string of the molecule is CN1CCC(n2ccc3cc(CC(=O)O)ccc32)CC1. The number of carbonyl (C=O) groups is 1. The number of rotatable bonds is 3. The van der Waals surface area contributed by atoms with Crippen molar-refractivity contribution in [1.82, 2.24) is 9.47 Å². The predicted molar refractivity (Wildman–Crippen MR) is 79.0 cm³/mol. The Morgan fingerprint density at radius 2 is 2.05 bits per heavy atom. The molecule has 2 heterocycles. The Balaban J connectivity index is 1.88. The van der Waals surface area contributed by atoms with Gasteiger partial charge in [0.1, 0.15) is 0 Å². The molecule has 1 N–H and O–H groups in total. The van der Waals surface area contributed by atoms with Crippen LogP contribution < -0.4 is 0 Å². The quantitative estimate of drug-likeness (QED) is 0.934. The first-order valence-corrected chi connectivity index (χ1v) is 7.13. The van der Waals surface area contributed by atoms with Gasteiger partial charge in [-0.25, -0.2) is 0 Å². The van der Waals surface area contributed by atoms with Crippen molar-refractivity contribution in [3.63, 3.8) is 0 Å². The van der Waals surface area contributed by atoms with Gasteiger partial charge >= 0.3 is 5.97 Å². The minimum absolute atomic E-state index is 0.0926. The van der Waals surface area contributed by atoms with Crippen molar-refractivity contribution in [2.45, 2.75) is 25.3 Å². The number of aromatic nitrogens is 1. The lowest BCUT2D eigenvalue weighted by Crippen LogP contribution is -2.31. The summed E-state index contributed by atoms with van der Waals surface area (Å²) >= 11 is 0. The first-order valence-electron chi connectivity index (χ1n) is 7.13. The summed E-state index contributed by atoms with van der Waals surface area (Å²) in [5, 5.41) is 10.0. The molecule has 4 heteroatoms. The number of likely N-dealkylation sites (tertiary alicyclic amines) is 1. The molecule has 0 bridgehead atoms. The van der Waals surface area contributed by atoms with E-state index < -0.39 is 5.97 Å². The number of carboxylic acid groups (broad SMARTS) is 1. The molecule has 0 amide bonds. The number of carboxylic acids is 1. The second-order valence-electron chi connectivity index (χ2n) is 5.72. The topological polar surface area (TPSA) is 45.5 Å². The lowest BCUT2D eigenvalue weighted by molar-refractivity contribution is -0.136. The molecule has 0 aliphatic carbocycles. The van der Waals surface area contributed by atoms with Gasteiger partial charge in [0.2, 0.25) is 0 Å². The molecule has 0 radical (unpaired) electrons. The summed E-state index contributed by atoms with van der Waals surface area (Å²) in [6.07, 6.45) is 4.59. The normalized spacial score (nSPS) is 17.6. The molecule has 106 valence electrons. The lowest BCUT2D eigenvalue weighted by atomic mass is 10.0. The monoisotopic (exact) mass is 272 g/mol. The van der Waals surface area contributed by atoms with Crippen molar-refractivity contribution in [2.24, 2.45) is 0 Å². The second kappa shape index (κ2) is 5.29. The number of aliphatic carboxylic acids is 1. The fourth-order valence-electron chi connectivity index (χ4n) is 3.09. The fraction of sp³-hybridized carbons (Fsp3) is 0.438. The molecule has 0 atom stereocenters. The van der Waals surface area contributed by atoms with Gasteiger partial charge in [0.05, 0.1) is 6.42 Å². The van der Waals surface area contributed by atoms with Crippen molar-refractivity contribution in [3.05, 3.63) is 36.0 Å². The van der Waals surface area contributed by atoms with E-state index >= 15 is 0 Å². The maximum Gasteiger partial charge on any atom is 0.307 e. The molecule has 1 aromatic heterocycles. The lowest BCUT2D eigenvalue weighted by Gasteiger charge is -2.30. The third-order valence-electron chi connectivity index (χ3n) is 4.22. The number of nitrogens with zero attached hydrogens (tertiary/aromatic N) is 2. The van der Waals surface area contributed by atoms with Gasteiger partial charge < -0.3 is 14.6 Å². The number of hydrogen-bond donors (Lipinski definition) is 1. The van der Waals surface area contributed by atoms with Crippen LogP contribution in [-0.4, -0.2) is 40.7 Å². The van der Waals surface area contributed by atoms with Crippen LogP contribution in [0.1, 0.15) is 24.4 Å². The summed E-state index contributed by atoms with van der Waals surface area (Å²) in [4.78, 5) is 13.1. The van der Waals surface area contributed by atoms with Crippen LogP contribution in [0.4, 0.5) is 0 Å². The summed E-state index contributed by atoms with van der Waals surface area (Å²) in [5.74, 6) is -0.779. The van der Waals surface area contributed by atoms with Crippen molar-refractivity contribution in [3.8, 4) is 0 Å². The summed E-state index contributed by atoms with van der Waals surface area (Å²) < 4.78 is 2.35. The Bertz CT molecular complexity index is 624. The molecule has 0 saturated carbocycles. The molecular weight excluding hydrogens is 252 g/mol. The molecule has 1 saturated heterocycles. The van der Waals surface area contributed by atoms with Crippen molar-refractivity contribution < 1.29 is 9.90 Å². The zero-order chi connectivity index (χ0) is 14.1. The highest BCUT2D eigenvalue weighted by Crippen LogP contribution is 2.27. The fourth-order valence-corrected chi connectivity index (χ4v) is 3.09. The van der Waals surface area contributed by atoms with Crippen LogP contribution >= 0.6 is 0 Å². The van der Waals surface area contributed by atoms with Crippen LogP contribution in [0.25, 0.3) is 10.9 Å². The van der Waals surface area contributed by atoms with Crippen LogP contribution in [0.3, 0.4) is 0 Å². The van der Waals surface area contributed by atoms with Crippen LogP contribution in [0, 0.1) is 0 Å². The largest absolute Gasteiger partial charge is 0.481 e. The maximum atomic E-state index is 10.8. The Labute approximate surface area is 118 Å². The number of hydrogen-bond acceptors (Lipinski definition) is 2. The van der Waals surface area contributed by atoms with Crippen LogP contribution in [0.5, 0.6) is 0 Å². The molecule has 1 fully saturated rings. The summed E-state index contributed by atoms with van der Waals surface area (Å²) in [6.45, 7) is 2.28. The highest BCUT2D eigenvalue weighted by atomic mass is 16.4. The van der Waals surface area contributed by atoms with Gasteiger partial charge in [0.15, 0.2) is 0 Å². The van der Waals surface area contributed by atoms with E-state index in [-0.39, 0.29) is 6.42 Å². The Kier molecular flexibility index (Phi) is 3.49. The van der Waals surface area contributed by atoms with Gasteiger partial charge in [-0.05, 0) is 62.1 Å². The van der Waals surface area contributed by atoms with Crippen molar-refractivity contribution in [1.29, 1.82) is 0 Å². The smallest absolute Gasteiger partial charge is 0.307 e. The Morgan fingerprint density at radius 3 is 2.75 bits per heavy atom. The first-order chi connectivity index (χ1) is 9.63. The van der Waals surface area contributed by atoms with E-state index in [1.54, 1.807) is 0 Å². The standard InChI is InChI=1S/C16H20N2O2/c1-17-7-5-14(6-8-17)18-9-4-13-10-12(11-16(19)20)2-3-15(13)18/h2-4,9-10,14H,5-8,11H2,1H3,(H,19,20). The van der Waals surface area contributed by atoms with Gasteiger partial charge in [0, 0.05) is 17.8 Å². The predicted octanol–water partition coefficient (Wildman–Crippen LogP) is 2.54. The molecule has 3 rings (SSSR count). The molecular formula is C16H20N2O2. The van der Waals surface area contributed by atoms with Gasteiger partial charge in [-0.2, -0.15) is 0 Å². The molecule has 2 aromatic rings. The summed E-state index contributed by atoms with van der Waals surface area (Å²) in [6, 6.07) is 8.65. The third-order valence-corrected chi connectivity index (χ3v) is 4.22. The number of piperidine rings is 1. The first kappa shape index (κ1) is 13.2. The second-order valence-corrected chi connectivity index (χ2v) is 5.72. The molecule has 0 unspecified atom stereocenters. The van der Waals surface area contributed by atoms with Gasteiger partial charge in [-0.1, -0.05) is 6.07 Å². The molecule has 1 aromatic carbocycles. The highest BCUT2D eigenvalue weighted by molar-refractivity contribution is 5.82. The van der Waals surface area contributed by atoms with Crippen LogP contribution in [0.15, 0.2) is 30.5 Å². The third kappa shape index (κ3) is 2.56. The average molecular weight is 272 g/mol. The minimum Gasteiger partial charge on any atom is -0.481 e. The molecule has 4 nitrogen and oxygen atoms in total. The summed E-state index contributed by atoms with van der Waals surface area (Å²) in [5.41, 5.74) is 2.08. The Morgan fingerprint density at radius 1 is 1.30 bits per heavy atom. The summed E-state index contributed by atoms with van der Waals surface area (Å²) in [7, 11) is 2.17.